The van der Waals surface area contributed by atoms with E-state index in [1.165, 1.54) is 0 Å². The Labute approximate surface area is 146 Å². The molecule has 0 N–H and O–H groups in total. The highest BCUT2D eigenvalue weighted by molar-refractivity contribution is 5.95. The molecule has 24 heavy (non-hydrogen) atoms. The maximum absolute atomic E-state index is 12.8. The summed E-state index contributed by atoms with van der Waals surface area (Å²) in [6.45, 7) is 13.7. The summed E-state index contributed by atoms with van der Waals surface area (Å²) in [7, 11) is 0. The number of amides is 2. The standard InChI is InChI=1S/C19H32N2O3/c1-7-10-20(11-8-2)18(22)9-12-21(14(3)4)19(23)17-13-15(5)24-16(17)6/h13-14H,7-12H2,1-6H3. The SMILES string of the molecule is CCCN(CCC)C(=O)CCN(C(=O)c1cc(C)oc1C)C(C)C. The molecule has 0 spiro atoms. The average molecular weight is 336 g/mol. The van der Waals surface area contributed by atoms with Crippen molar-refractivity contribution in [2.45, 2.75) is 66.8 Å². The molecule has 1 aromatic rings. The van der Waals surface area contributed by atoms with Crippen LogP contribution in [0.15, 0.2) is 10.5 Å². The topological polar surface area (TPSA) is 53.8 Å². The third-order valence-electron chi connectivity index (χ3n) is 4.06. The predicted octanol–water partition coefficient (Wildman–Crippen LogP) is 3.79. The summed E-state index contributed by atoms with van der Waals surface area (Å²) in [4.78, 5) is 28.9. The normalized spacial score (nSPS) is 11.0. The first-order valence-electron chi connectivity index (χ1n) is 8.97. The summed E-state index contributed by atoms with van der Waals surface area (Å²) < 4.78 is 5.47. The van der Waals surface area contributed by atoms with Gasteiger partial charge < -0.3 is 14.2 Å². The minimum Gasteiger partial charge on any atom is -0.466 e. The van der Waals surface area contributed by atoms with Gasteiger partial charge in [0, 0.05) is 32.1 Å². The van der Waals surface area contributed by atoms with E-state index in [-0.39, 0.29) is 17.9 Å². The van der Waals surface area contributed by atoms with Crippen LogP contribution < -0.4 is 0 Å². The van der Waals surface area contributed by atoms with Crippen molar-refractivity contribution in [3.05, 3.63) is 23.2 Å². The molecular formula is C19H32N2O3. The van der Waals surface area contributed by atoms with Gasteiger partial charge in [-0.25, -0.2) is 0 Å². The molecule has 0 aliphatic heterocycles. The van der Waals surface area contributed by atoms with Crippen molar-refractivity contribution in [3.63, 3.8) is 0 Å². The third-order valence-corrected chi connectivity index (χ3v) is 4.06. The van der Waals surface area contributed by atoms with E-state index in [2.05, 4.69) is 13.8 Å². The van der Waals surface area contributed by atoms with Gasteiger partial charge in [0.05, 0.1) is 5.56 Å². The van der Waals surface area contributed by atoms with Crippen LogP contribution in [0.2, 0.25) is 0 Å². The minimum atomic E-state index is -0.0651. The van der Waals surface area contributed by atoms with Crippen LogP contribution in [-0.4, -0.2) is 47.3 Å². The second-order valence-corrected chi connectivity index (χ2v) is 6.55. The fraction of sp³-hybridized carbons (Fsp3) is 0.684. The number of nitrogens with zero attached hydrogens (tertiary/aromatic N) is 2. The Hall–Kier alpha value is -1.78. The zero-order chi connectivity index (χ0) is 18.3. The van der Waals surface area contributed by atoms with Gasteiger partial charge in [0.1, 0.15) is 11.5 Å². The van der Waals surface area contributed by atoms with Gasteiger partial charge in [-0.3, -0.25) is 9.59 Å². The fourth-order valence-electron chi connectivity index (χ4n) is 2.87. The van der Waals surface area contributed by atoms with E-state index < -0.39 is 0 Å². The molecule has 0 fully saturated rings. The predicted molar refractivity (Wildman–Crippen MR) is 96.1 cm³/mol. The maximum Gasteiger partial charge on any atom is 0.257 e. The number of carbonyl (C=O) groups excluding carboxylic acids is 2. The number of hydrogen-bond donors (Lipinski definition) is 0. The van der Waals surface area contributed by atoms with Crippen LogP contribution in [0.25, 0.3) is 0 Å². The molecule has 0 aliphatic rings. The molecule has 0 saturated heterocycles. The second-order valence-electron chi connectivity index (χ2n) is 6.55. The van der Waals surface area contributed by atoms with E-state index in [0.717, 1.165) is 31.7 Å². The Kier molecular flexibility index (Phi) is 8.02. The monoisotopic (exact) mass is 336 g/mol. The van der Waals surface area contributed by atoms with Gasteiger partial charge in [-0.2, -0.15) is 0 Å². The van der Waals surface area contributed by atoms with E-state index in [4.69, 9.17) is 4.42 Å². The number of furan rings is 1. The summed E-state index contributed by atoms with van der Waals surface area (Å²) in [6.07, 6.45) is 2.26. The molecule has 0 unspecified atom stereocenters. The third kappa shape index (κ3) is 5.39. The smallest absolute Gasteiger partial charge is 0.257 e. The lowest BCUT2D eigenvalue weighted by molar-refractivity contribution is -0.131. The van der Waals surface area contributed by atoms with Gasteiger partial charge in [-0.15, -0.1) is 0 Å². The van der Waals surface area contributed by atoms with Crippen molar-refractivity contribution in [1.82, 2.24) is 9.80 Å². The number of aryl methyl sites for hydroxylation is 2. The van der Waals surface area contributed by atoms with E-state index in [1.54, 1.807) is 17.9 Å². The first-order valence-corrected chi connectivity index (χ1v) is 8.97. The van der Waals surface area contributed by atoms with Crippen LogP contribution in [0, 0.1) is 13.8 Å². The number of rotatable bonds is 9. The van der Waals surface area contributed by atoms with Crippen LogP contribution in [0.1, 0.15) is 68.8 Å². The van der Waals surface area contributed by atoms with E-state index in [0.29, 0.717) is 24.3 Å². The zero-order valence-corrected chi connectivity index (χ0v) is 16.0. The maximum atomic E-state index is 12.8. The minimum absolute atomic E-state index is 0.0331. The van der Waals surface area contributed by atoms with Crippen molar-refractivity contribution >= 4 is 11.8 Å². The number of carbonyl (C=O) groups is 2. The van der Waals surface area contributed by atoms with Crippen molar-refractivity contribution in [2.24, 2.45) is 0 Å². The first kappa shape index (κ1) is 20.3. The van der Waals surface area contributed by atoms with Gasteiger partial charge in [0.25, 0.3) is 5.91 Å². The van der Waals surface area contributed by atoms with Gasteiger partial charge in [-0.1, -0.05) is 13.8 Å². The average Bonchev–Trinajstić information content (AvgIpc) is 2.85. The molecule has 0 aromatic carbocycles. The second kappa shape index (κ2) is 9.50. The first-order chi connectivity index (χ1) is 11.3. The van der Waals surface area contributed by atoms with E-state index in [1.807, 2.05) is 25.7 Å². The van der Waals surface area contributed by atoms with Crippen molar-refractivity contribution in [2.75, 3.05) is 19.6 Å². The Morgan fingerprint density at radius 3 is 2.08 bits per heavy atom. The van der Waals surface area contributed by atoms with Gasteiger partial charge >= 0.3 is 0 Å². The van der Waals surface area contributed by atoms with Gasteiger partial charge in [0.2, 0.25) is 5.91 Å². The summed E-state index contributed by atoms with van der Waals surface area (Å²) in [5.41, 5.74) is 0.590. The molecule has 1 rings (SSSR count). The summed E-state index contributed by atoms with van der Waals surface area (Å²) >= 11 is 0. The van der Waals surface area contributed by atoms with Crippen LogP contribution in [0.4, 0.5) is 0 Å². The lowest BCUT2D eigenvalue weighted by Gasteiger charge is -2.28. The zero-order valence-electron chi connectivity index (χ0n) is 16.0. The van der Waals surface area contributed by atoms with E-state index >= 15 is 0 Å². The highest BCUT2D eigenvalue weighted by Crippen LogP contribution is 2.18. The molecule has 0 atom stereocenters. The molecule has 0 saturated carbocycles. The van der Waals surface area contributed by atoms with Crippen LogP contribution in [0.3, 0.4) is 0 Å². The molecule has 0 aliphatic carbocycles. The molecule has 5 nitrogen and oxygen atoms in total. The Bertz CT molecular complexity index is 543. The Morgan fingerprint density at radius 2 is 1.67 bits per heavy atom. The molecule has 5 heteroatoms. The van der Waals surface area contributed by atoms with E-state index in [9.17, 15) is 9.59 Å². The van der Waals surface area contributed by atoms with Gasteiger partial charge in [0.15, 0.2) is 0 Å². The molecule has 0 radical (unpaired) electrons. The van der Waals surface area contributed by atoms with Crippen LogP contribution in [-0.2, 0) is 4.79 Å². The largest absolute Gasteiger partial charge is 0.466 e. The van der Waals surface area contributed by atoms with Crippen LogP contribution in [0.5, 0.6) is 0 Å². The van der Waals surface area contributed by atoms with Gasteiger partial charge in [-0.05, 0) is 46.6 Å². The molecule has 1 heterocycles. The van der Waals surface area contributed by atoms with Crippen molar-refractivity contribution in [3.8, 4) is 0 Å². The lowest BCUT2D eigenvalue weighted by Crippen LogP contribution is -2.41. The highest BCUT2D eigenvalue weighted by Gasteiger charge is 2.24. The fourth-order valence-corrected chi connectivity index (χ4v) is 2.87. The Morgan fingerprint density at radius 1 is 1.08 bits per heavy atom. The lowest BCUT2D eigenvalue weighted by atomic mass is 10.1. The summed E-state index contributed by atoms with van der Waals surface area (Å²) in [6, 6.07) is 1.81. The summed E-state index contributed by atoms with van der Waals surface area (Å²) in [5.74, 6) is 1.42. The quantitative estimate of drug-likeness (QED) is 0.689. The summed E-state index contributed by atoms with van der Waals surface area (Å²) in [5, 5.41) is 0. The number of hydrogen-bond acceptors (Lipinski definition) is 3. The molecule has 0 bridgehead atoms. The van der Waals surface area contributed by atoms with Crippen LogP contribution >= 0.6 is 0 Å². The Balaban J connectivity index is 2.77. The highest BCUT2D eigenvalue weighted by atomic mass is 16.3. The van der Waals surface area contributed by atoms with Crippen molar-refractivity contribution in [1.29, 1.82) is 0 Å². The molecule has 1 aromatic heterocycles. The molecular weight excluding hydrogens is 304 g/mol. The van der Waals surface area contributed by atoms with Crippen molar-refractivity contribution < 1.29 is 14.0 Å². The molecule has 136 valence electrons. The molecule has 2 amide bonds.